The molecule has 2 rings (SSSR count). The molecule has 0 bridgehead atoms. The minimum Gasteiger partial charge on any atom is -0.277 e. The molecule has 0 aromatic heterocycles. The molecule has 12 heavy (non-hydrogen) atoms. The molecule has 0 spiro atoms. The molecule has 0 saturated heterocycles. The number of thioether (sulfide) groups is 1. The van der Waals surface area contributed by atoms with Crippen molar-refractivity contribution in [2.45, 2.75) is 6.92 Å². The van der Waals surface area contributed by atoms with Crippen LogP contribution in [0.15, 0.2) is 29.3 Å². The standard InChI is InChI=1S/C10H11NS/c1-8-4-2-3-5-9(8)10-11-6-7-12-10/h2-5H,6-7H2,1H3. The van der Waals surface area contributed by atoms with E-state index < -0.39 is 0 Å². The Morgan fingerprint density at radius 2 is 2.17 bits per heavy atom. The summed E-state index contributed by atoms with van der Waals surface area (Å²) >= 11 is 1.86. The maximum absolute atomic E-state index is 4.45. The molecule has 0 unspecified atom stereocenters. The van der Waals surface area contributed by atoms with Crippen LogP contribution in [0, 0.1) is 6.92 Å². The van der Waals surface area contributed by atoms with Crippen LogP contribution in [0.2, 0.25) is 0 Å². The van der Waals surface area contributed by atoms with Crippen molar-refractivity contribution in [2.24, 2.45) is 4.99 Å². The van der Waals surface area contributed by atoms with E-state index >= 15 is 0 Å². The minimum absolute atomic E-state index is 0.980. The molecule has 0 atom stereocenters. The molecule has 62 valence electrons. The highest BCUT2D eigenvalue weighted by atomic mass is 32.2. The van der Waals surface area contributed by atoms with E-state index in [0.29, 0.717) is 0 Å². The zero-order chi connectivity index (χ0) is 8.39. The molecule has 1 aromatic rings. The fraction of sp³-hybridized carbons (Fsp3) is 0.300. The third-order valence-corrected chi connectivity index (χ3v) is 2.97. The fourth-order valence-electron chi connectivity index (χ4n) is 1.31. The first-order chi connectivity index (χ1) is 5.88. The van der Waals surface area contributed by atoms with Gasteiger partial charge in [0.2, 0.25) is 0 Å². The Balaban J connectivity index is 2.39. The second-order valence-corrected chi connectivity index (χ2v) is 3.93. The molecule has 1 aliphatic rings. The van der Waals surface area contributed by atoms with Crippen LogP contribution in [0.3, 0.4) is 0 Å². The number of benzene rings is 1. The van der Waals surface area contributed by atoms with Gasteiger partial charge in [0.25, 0.3) is 0 Å². The monoisotopic (exact) mass is 177 g/mol. The molecule has 1 aromatic carbocycles. The van der Waals surface area contributed by atoms with E-state index in [-0.39, 0.29) is 0 Å². The number of nitrogens with zero attached hydrogens (tertiary/aromatic N) is 1. The molecule has 1 nitrogen and oxygen atoms in total. The zero-order valence-electron chi connectivity index (χ0n) is 7.08. The molecule has 0 amide bonds. The lowest BCUT2D eigenvalue weighted by Crippen LogP contribution is -1.94. The summed E-state index contributed by atoms with van der Waals surface area (Å²) in [5.74, 6) is 1.14. The van der Waals surface area contributed by atoms with Gasteiger partial charge in [-0.25, -0.2) is 0 Å². The molecule has 2 heteroatoms. The third-order valence-electron chi connectivity index (χ3n) is 1.96. The summed E-state index contributed by atoms with van der Waals surface area (Å²) in [6, 6.07) is 8.42. The summed E-state index contributed by atoms with van der Waals surface area (Å²) in [5, 5.41) is 1.22. The van der Waals surface area contributed by atoms with Crippen molar-refractivity contribution < 1.29 is 0 Å². The van der Waals surface area contributed by atoms with Gasteiger partial charge >= 0.3 is 0 Å². The Morgan fingerprint density at radius 3 is 2.83 bits per heavy atom. The van der Waals surface area contributed by atoms with Gasteiger partial charge in [0, 0.05) is 17.9 Å². The summed E-state index contributed by atoms with van der Waals surface area (Å²) in [4.78, 5) is 4.45. The summed E-state index contributed by atoms with van der Waals surface area (Å²) in [6.07, 6.45) is 0. The van der Waals surface area contributed by atoms with E-state index in [2.05, 4.69) is 36.2 Å². The largest absolute Gasteiger partial charge is 0.277 e. The number of aliphatic imine (C=N–C) groups is 1. The van der Waals surface area contributed by atoms with Crippen LogP contribution in [-0.4, -0.2) is 17.3 Å². The molecule has 0 fully saturated rings. The van der Waals surface area contributed by atoms with E-state index in [4.69, 9.17) is 0 Å². The minimum atomic E-state index is 0.980. The molecular formula is C10H11NS. The quantitative estimate of drug-likeness (QED) is 0.642. The van der Waals surface area contributed by atoms with Crippen molar-refractivity contribution in [1.29, 1.82) is 0 Å². The van der Waals surface area contributed by atoms with Crippen LogP contribution in [0.1, 0.15) is 11.1 Å². The second-order valence-electron chi connectivity index (χ2n) is 2.85. The van der Waals surface area contributed by atoms with Gasteiger partial charge in [-0.15, -0.1) is 11.8 Å². The van der Waals surface area contributed by atoms with E-state index in [0.717, 1.165) is 12.3 Å². The van der Waals surface area contributed by atoms with Crippen molar-refractivity contribution in [1.82, 2.24) is 0 Å². The Bertz CT molecular complexity index is 317. The van der Waals surface area contributed by atoms with Gasteiger partial charge in [-0.2, -0.15) is 0 Å². The molecule has 0 N–H and O–H groups in total. The number of hydrogen-bond acceptors (Lipinski definition) is 2. The molecule has 1 heterocycles. The summed E-state index contributed by atoms with van der Waals surface area (Å²) in [6.45, 7) is 3.12. The normalized spacial score (nSPS) is 16.2. The topological polar surface area (TPSA) is 12.4 Å². The van der Waals surface area contributed by atoms with Crippen molar-refractivity contribution in [3.63, 3.8) is 0 Å². The van der Waals surface area contributed by atoms with Crippen LogP contribution in [-0.2, 0) is 0 Å². The third kappa shape index (κ3) is 1.39. The number of hydrogen-bond donors (Lipinski definition) is 0. The first kappa shape index (κ1) is 7.87. The van der Waals surface area contributed by atoms with Crippen LogP contribution >= 0.6 is 11.8 Å². The molecule has 0 aliphatic carbocycles. The molecule has 0 radical (unpaired) electrons. The van der Waals surface area contributed by atoms with Crippen LogP contribution in [0.4, 0.5) is 0 Å². The van der Waals surface area contributed by atoms with Gasteiger partial charge in [0.05, 0.1) is 5.04 Å². The van der Waals surface area contributed by atoms with E-state index in [9.17, 15) is 0 Å². The Hall–Kier alpha value is -0.760. The van der Waals surface area contributed by atoms with Crippen LogP contribution in [0.5, 0.6) is 0 Å². The zero-order valence-corrected chi connectivity index (χ0v) is 7.90. The predicted octanol–water partition coefficient (Wildman–Crippen LogP) is 2.49. The molecule has 1 aliphatic heterocycles. The van der Waals surface area contributed by atoms with Crippen LogP contribution in [0.25, 0.3) is 0 Å². The highest BCUT2D eigenvalue weighted by Gasteiger charge is 2.10. The maximum Gasteiger partial charge on any atom is 0.0980 e. The van der Waals surface area contributed by atoms with Crippen molar-refractivity contribution in [3.05, 3.63) is 35.4 Å². The highest BCUT2D eigenvalue weighted by molar-refractivity contribution is 8.14. The van der Waals surface area contributed by atoms with Gasteiger partial charge in [-0.3, -0.25) is 4.99 Å². The average molecular weight is 177 g/mol. The number of aryl methyl sites for hydroxylation is 1. The smallest absolute Gasteiger partial charge is 0.0980 e. The Morgan fingerprint density at radius 1 is 1.33 bits per heavy atom. The van der Waals surface area contributed by atoms with Gasteiger partial charge in [-0.1, -0.05) is 24.3 Å². The molecule has 0 saturated carbocycles. The first-order valence-corrected chi connectivity index (χ1v) is 5.10. The average Bonchev–Trinajstić information content (AvgIpc) is 2.57. The lowest BCUT2D eigenvalue weighted by atomic mass is 10.1. The Kier molecular flexibility index (Phi) is 2.17. The van der Waals surface area contributed by atoms with Gasteiger partial charge in [0.15, 0.2) is 0 Å². The lowest BCUT2D eigenvalue weighted by Gasteiger charge is -2.02. The maximum atomic E-state index is 4.45. The van der Waals surface area contributed by atoms with E-state index in [1.165, 1.54) is 16.2 Å². The van der Waals surface area contributed by atoms with Gasteiger partial charge in [0.1, 0.15) is 0 Å². The van der Waals surface area contributed by atoms with Crippen molar-refractivity contribution in [2.75, 3.05) is 12.3 Å². The Labute approximate surface area is 76.9 Å². The summed E-state index contributed by atoms with van der Waals surface area (Å²) in [7, 11) is 0. The molecular weight excluding hydrogens is 166 g/mol. The predicted molar refractivity (Wildman–Crippen MR) is 55.0 cm³/mol. The fourth-order valence-corrected chi connectivity index (χ4v) is 2.25. The first-order valence-electron chi connectivity index (χ1n) is 4.11. The van der Waals surface area contributed by atoms with Gasteiger partial charge in [-0.05, 0) is 12.5 Å². The highest BCUT2D eigenvalue weighted by Crippen LogP contribution is 2.21. The van der Waals surface area contributed by atoms with Crippen molar-refractivity contribution >= 4 is 16.8 Å². The van der Waals surface area contributed by atoms with Crippen molar-refractivity contribution in [3.8, 4) is 0 Å². The summed E-state index contributed by atoms with van der Waals surface area (Å²) in [5.41, 5.74) is 2.63. The SMILES string of the molecule is Cc1ccccc1C1=NCCS1. The lowest BCUT2D eigenvalue weighted by molar-refractivity contribution is 1.17. The van der Waals surface area contributed by atoms with Crippen LogP contribution < -0.4 is 0 Å². The second kappa shape index (κ2) is 3.31. The number of rotatable bonds is 1. The van der Waals surface area contributed by atoms with E-state index in [1.54, 1.807) is 0 Å². The van der Waals surface area contributed by atoms with E-state index in [1.807, 2.05) is 11.8 Å². The summed E-state index contributed by atoms with van der Waals surface area (Å²) < 4.78 is 0. The van der Waals surface area contributed by atoms with Gasteiger partial charge < -0.3 is 0 Å².